The van der Waals surface area contributed by atoms with Gasteiger partial charge in [-0.05, 0) is 106 Å². The highest BCUT2D eigenvalue weighted by molar-refractivity contribution is 5.08. The third kappa shape index (κ3) is 19.1. The Balaban J connectivity index is 4.22. The molecule has 0 atom stereocenters. The minimum atomic E-state index is -2.22. The fourth-order valence-corrected chi connectivity index (χ4v) is 3.28. The molecule has 0 aromatic carbocycles. The van der Waals surface area contributed by atoms with Crippen LogP contribution in [0.4, 0.5) is 0 Å². The molecule has 0 spiro atoms. The van der Waals surface area contributed by atoms with Crippen molar-refractivity contribution in [2.75, 3.05) is 13.1 Å². The van der Waals surface area contributed by atoms with Gasteiger partial charge in [-0.2, -0.15) is 0 Å². The Morgan fingerprint density at radius 1 is 0.438 bits per heavy atom. The van der Waals surface area contributed by atoms with Crippen molar-refractivity contribution in [3.63, 3.8) is 0 Å². The summed E-state index contributed by atoms with van der Waals surface area (Å²) < 4.78 is 29.1. The summed E-state index contributed by atoms with van der Waals surface area (Å²) in [7, 11) is 0. The third-order valence-corrected chi connectivity index (χ3v) is 5.55. The minimum Gasteiger partial charge on any atom is -0.392 e. The van der Waals surface area contributed by atoms with Gasteiger partial charge in [0.15, 0.2) is 0 Å². The molecular formula is C30H50O2. The summed E-state index contributed by atoms with van der Waals surface area (Å²) in [6.45, 7) is 7.40. The first-order valence-corrected chi connectivity index (χ1v) is 12.0. The highest BCUT2D eigenvalue weighted by atomic mass is 16.3. The molecule has 0 fully saturated rings. The van der Waals surface area contributed by atoms with Crippen LogP contribution in [0.5, 0.6) is 0 Å². The van der Waals surface area contributed by atoms with Gasteiger partial charge >= 0.3 is 0 Å². The zero-order chi connectivity index (χ0) is 27.8. The summed E-state index contributed by atoms with van der Waals surface area (Å²) in [5.74, 6) is 0. The van der Waals surface area contributed by atoms with Crippen LogP contribution in [0.3, 0.4) is 0 Å². The monoisotopic (exact) mass is 446 g/mol. The van der Waals surface area contributed by atoms with Crippen LogP contribution < -0.4 is 0 Å². The van der Waals surface area contributed by atoms with Gasteiger partial charge < -0.3 is 10.2 Å². The van der Waals surface area contributed by atoms with Crippen LogP contribution in [0.15, 0.2) is 69.9 Å². The molecule has 2 nitrogen and oxygen atoms in total. The van der Waals surface area contributed by atoms with E-state index >= 15 is 0 Å². The molecule has 0 amide bonds. The van der Waals surface area contributed by atoms with Crippen molar-refractivity contribution in [1.82, 2.24) is 0 Å². The van der Waals surface area contributed by atoms with Gasteiger partial charge in [0.2, 0.25) is 0 Å². The standard InChI is InChI=1S/C30H50O2/c1-25(15-9-17-27(3)19-11-21-29(5)23-31)13-7-8-14-26(2)16-10-18-28(4)20-12-22-30(6)24-32/h13-14,17-18,21-22,31-32H,7-12,15-16,19-20,23-24H2,1-6H3/b25-13+,26-14+,27-17+,28-18+,29-21+,30-22+/i23D2,24D2. The molecular weight excluding hydrogens is 392 g/mol. The summed E-state index contributed by atoms with van der Waals surface area (Å²) in [4.78, 5) is 0. The Kier molecular flexibility index (Phi) is 14.7. The number of rotatable bonds is 17. The summed E-state index contributed by atoms with van der Waals surface area (Å²) in [6.07, 6.45) is 22.2. The Labute approximate surface area is 204 Å². The Morgan fingerprint density at radius 3 is 0.906 bits per heavy atom. The normalized spacial score (nSPS) is 17.8. The van der Waals surface area contributed by atoms with E-state index in [0.717, 1.165) is 64.2 Å². The highest BCUT2D eigenvalue weighted by Gasteiger charge is 1.95. The van der Waals surface area contributed by atoms with E-state index in [1.807, 2.05) is 0 Å². The van der Waals surface area contributed by atoms with Gasteiger partial charge in [-0.15, -0.1) is 0 Å². The van der Waals surface area contributed by atoms with Gasteiger partial charge in [-0.1, -0.05) is 69.9 Å². The maximum absolute atomic E-state index is 9.31. The second kappa shape index (κ2) is 20.0. The molecule has 0 aromatic rings. The van der Waals surface area contributed by atoms with Crippen molar-refractivity contribution >= 4 is 0 Å². The first-order chi connectivity index (χ1) is 16.6. The third-order valence-electron chi connectivity index (χ3n) is 5.55. The fraction of sp³-hybridized carbons (Fsp3) is 0.600. The van der Waals surface area contributed by atoms with Crippen LogP contribution in [0.2, 0.25) is 0 Å². The van der Waals surface area contributed by atoms with Gasteiger partial charge in [0.25, 0.3) is 0 Å². The molecule has 0 saturated carbocycles. The number of hydrogen-bond donors (Lipinski definition) is 2. The molecule has 2 N–H and O–H groups in total. The van der Waals surface area contributed by atoms with E-state index in [1.54, 1.807) is 26.0 Å². The zero-order valence-electron chi connectivity index (χ0n) is 25.4. The molecule has 0 heterocycles. The van der Waals surface area contributed by atoms with Crippen LogP contribution >= 0.6 is 0 Å². The lowest BCUT2D eigenvalue weighted by atomic mass is 10.0. The predicted octanol–water partition coefficient (Wildman–Crippen LogP) is 8.55. The number of unbranched alkanes of at least 4 members (excludes halogenated alkanes) is 1. The average Bonchev–Trinajstić information content (AvgIpc) is 2.75. The van der Waals surface area contributed by atoms with Gasteiger partial charge in [-0.25, -0.2) is 0 Å². The molecule has 2 heteroatoms. The van der Waals surface area contributed by atoms with Crippen molar-refractivity contribution in [2.24, 2.45) is 0 Å². The van der Waals surface area contributed by atoms with Crippen molar-refractivity contribution in [1.29, 1.82) is 0 Å². The molecule has 0 bridgehead atoms. The lowest BCUT2D eigenvalue weighted by Crippen LogP contribution is -1.85. The highest BCUT2D eigenvalue weighted by Crippen LogP contribution is 2.14. The maximum atomic E-state index is 9.31. The minimum absolute atomic E-state index is 0.371. The topological polar surface area (TPSA) is 40.5 Å². The van der Waals surface area contributed by atoms with Crippen LogP contribution in [-0.4, -0.2) is 23.3 Å². The second-order valence-electron chi connectivity index (χ2n) is 8.93. The molecule has 0 aliphatic heterocycles. The Morgan fingerprint density at radius 2 is 0.656 bits per heavy atom. The maximum Gasteiger partial charge on any atom is 0.0639 e. The molecule has 0 radical (unpaired) electrons. The first kappa shape index (κ1) is 23.5. The smallest absolute Gasteiger partial charge is 0.0639 e. The lowest BCUT2D eigenvalue weighted by molar-refractivity contribution is 0.330. The molecule has 0 aromatic heterocycles. The SMILES string of the molecule is [2H]C([2H])(O)/C(C)=C/CC/C(C)=C/CC/C(C)=C/CC/C=C(\C)CC/C=C(\C)CC/C=C(\C)C([2H])([2H])O. The summed E-state index contributed by atoms with van der Waals surface area (Å²) >= 11 is 0. The largest absolute Gasteiger partial charge is 0.392 e. The fourth-order valence-electron chi connectivity index (χ4n) is 3.28. The molecule has 0 aliphatic carbocycles. The van der Waals surface area contributed by atoms with E-state index in [2.05, 4.69) is 52.0 Å². The Hall–Kier alpha value is -1.64. The van der Waals surface area contributed by atoms with Gasteiger partial charge in [0.1, 0.15) is 0 Å². The number of allylic oxidation sites excluding steroid dienone is 10. The van der Waals surface area contributed by atoms with Crippen molar-refractivity contribution in [2.45, 2.75) is 106 Å². The number of hydrogen-bond acceptors (Lipinski definition) is 2. The Bertz CT molecular complexity index is 762. The van der Waals surface area contributed by atoms with Gasteiger partial charge in [0.05, 0.1) is 18.6 Å². The molecule has 0 aliphatic rings. The zero-order valence-corrected chi connectivity index (χ0v) is 21.4. The molecule has 0 unspecified atom stereocenters. The van der Waals surface area contributed by atoms with E-state index in [9.17, 15) is 10.2 Å². The van der Waals surface area contributed by atoms with Gasteiger partial charge in [-0.3, -0.25) is 0 Å². The number of aliphatic hydroxyl groups is 2. The quantitative estimate of drug-likeness (QED) is 0.173. The van der Waals surface area contributed by atoms with Gasteiger partial charge in [0, 0.05) is 0 Å². The van der Waals surface area contributed by atoms with Crippen LogP contribution in [0.1, 0.15) is 111 Å². The summed E-state index contributed by atoms with van der Waals surface area (Å²) in [5, 5.41) is 18.6. The van der Waals surface area contributed by atoms with Crippen molar-refractivity contribution < 1.29 is 15.7 Å². The predicted molar refractivity (Wildman–Crippen MR) is 143 cm³/mol. The molecule has 0 saturated heterocycles. The van der Waals surface area contributed by atoms with Crippen LogP contribution in [0, 0.1) is 0 Å². The first-order valence-electron chi connectivity index (χ1n) is 14.0. The molecule has 182 valence electrons. The van der Waals surface area contributed by atoms with Crippen molar-refractivity contribution in [3.8, 4) is 0 Å². The van der Waals surface area contributed by atoms with Crippen LogP contribution in [0.25, 0.3) is 0 Å². The second-order valence-corrected chi connectivity index (χ2v) is 8.93. The lowest BCUT2D eigenvalue weighted by Gasteiger charge is -2.03. The van der Waals surface area contributed by atoms with Crippen LogP contribution in [-0.2, 0) is 0 Å². The van der Waals surface area contributed by atoms with E-state index < -0.39 is 13.1 Å². The summed E-state index contributed by atoms with van der Waals surface area (Å²) in [6, 6.07) is 0. The van der Waals surface area contributed by atoms with E-state index in [0.29, 0.717) is 11.1 Å². The van der Waals surface area contributed by atoms with E-state index in [-0.39, 0.29) is 0 Å². The summed E-state index contributed by atoms with van der Waals surface area (Å²) in [5.41, 5.74) is 6.16. The molecule has 0 rings (SSSR count). The average molecular weight is 447 g/mol. The van der Waals surface area contributed by atoms with E-state index in [1.165, 1.54) is 22.3 Å². The van der Waals surface area contributed by atoms with Crippen molar-refractivity contribution in [3.05, 3.63) is 69.9 Å². The van der Waals surface area contributed by atoms with E-state index in [4.69, 9.17) is 5.48 Å². The molecule has 32 heavy (non-hydrogen) atoms.